The molecule has 1 unspecified atom stereocenters. The second-order valence-electron chi connectivity index (χ2n) is 8.73. The van der Waals surface area contributed by atoms with Gasteiger partial charge in [0, 0.05) is 26.1 Å². The standard InChI is InChI=1S/C25H32N4O2/c1-4-5-6-13-29-14-12-20-18(16-29)8-7-9-21(20)22(15-24(30)31)19-10-11-23-25(17(19)2)26-27-28(23)3/h7-11,22H,4-6,12-16H2,1-3H3,(H,30,31). The first kappa shape index (κ1) is 21.5. The molecule has 3 aromatic rings. The van der Waals surface area contributed by atoms with Crippen molar-refractivity contribution in [3.8, 4) is 0 Å². The van der Waals surface area contributed by atoms with E-state index >= 15 is 0 Å². The maximum atomic E-state index is 11.9. The van der Waals surface area contributed by atoms with Crippen molar-refractivity contribution in [2.75, 3.05) is 13.1 Å². The zero-order valence-electron chi connectivity index (χ0n) is 18.8. The van der Waals surface area contributed by atoms with Crippen LogP contribution in [0.5, 0.6) is 0 Å². The molecule has 6 nitrogen and oxygen atoms in total. The van der Waals surface area contributed by atoms with Gasteiger partial charge in [-0.25, -0.2) is 4.68 Å². The van der Waals surface area contributed by atoms with Crippen LogP contribution in [-0.4, -0.2) is 44.1 Å². The van der Waals surface area contributed by atoms with E-state index in [-0.39, 0.29) is 12.3 Å². The Morgan fingerprint density at radius 1 is 1.19 bits per heavy atom. The third-order valence-corrected chi connectivity index (χ3v) is 6.67. The molecule has 1 aliphatic heterocycles. The molecule has 1 aliphatic rings. The van der Waals surface area contributed by atoms with Gasteiger partial charge in [0.15, 0.2) is 0 Å². The molecule has 0 spiro atoms. The molecule has 0 aliphatic carbocycles. The highest BCUT2D eigenvalue weighted by molar-refractivity contribution is 5.80. The lowest BCUT2D eigenvalue weighted by molar-refractivity contribution is -0.137. The van der Waals surface area contributed by atoms with Gasteiger partial charge in [-0.15, -0.1) is 5.10 Å². The molecule has 0 amide bonds. The Bertz CT molecular complexity index is 1090. The molecule has 2 aromatic carbocycles. The number of benzene rings is 2. The number of unbranched alkanes of at least 4 members (excludes halogenated alkanes) is 2. The maximum Gasteiger partial charge on any atom is 0.304 e. The monoisotopic (exact) mass is 420 g/mol. The molecular formula is C25H32N4O2. The predicted molar refractivity (Wildman–Crippen MR) is 122 cm³/mol. The molecule has 2 heterocycles. The van der Waals surface area contributed by atoms with Crippen molar-refractivity contribution in [1.29, 1.82) is 0 Å². The van der Waals surface area contributed by atoms with Gasteiger partial charge in [0.25, 0.3) is 0 Å². The third kappa shape index (κ3) is 4.35. The van der Waals surface area contributed by atoms with Gasteiger partial charge in [0.1, 0.15) is 5.52 Å². The number of aliphatic carboxylic acids is 1. The molecule has 4 rings (SSSR count). The number of nitrogens with zero attached hydrogens (tertiary/aromatic N) is 4. The molecule has 0 saturated carbocycles. The minimum atomic E-state index is -0.779. The molecular weight excluding hydrogens is 388 g/mol. The number of fused-ring (bicyclic) bond motifs is 2. The van der Waals surface area contributed by atoms with Crippen LogP contribution in [0.3, 0.4) is 0 Å². The van der Waals surface area contributed by atoms with Crippen LogP contribution in [0.4, 0.5) is 0 Å². The topological polar surface area (TPSA) is 71.2 Å². The van der Waals surface area contributed by atoms with Gasteiger partial charge in [-0.2, -0.15) is 0 Å². The predicted octanol–water partition coefficient (Wildman–Crippen LogP) is 4.43. The summed E-state index contributed by atoms with van der Waals surface area (Å²) < 4.78 is 1.76. The summed E-state index contributed by atoms with van der Waals surface area (Å²) in [6.07, 6.45) is 4.79. The Morgan fingerprint density at radius 2 is 2.03 bits per heavy atom. The fourth-order valence-electron chi connectivity index (χ4n) is 4.99. The third-order valence-electron chi connectivity index (χ3n) is 6.67. The van der Waals surface area contributed by atoms with Crippen molar-refractivity contribution >= 4 is 17.0 Å². The summed E-state index contributed by atoms with van der Waals surface area (Å²) in [7, 11) is 1.88. The number of aromatic nitrogens is 3. The van der Waals surface area contributed by atoms with E-state index < -0.39 is 5.97 Å². The molecule has 31 heavy (non-hydrogen) atoms. The lowest BCUT2D eigenvalue weighted by atomic mass is 9.80. The van der Waals surface area contributed by atoms with Crippen molar-refractivity contribution in [3.05, 3.63) is 58.1 Å². The molecule has 6 heteroatoms. The molecule has 0 radical (unpaired) electrons. The van der Waals surface area contributed by atoms with Crippen LogP contribution in [0, 0.1) is 6.92 Å². The normalized spacial score (nSPS) is 15.2. The van der Waals surface area contributed by atoms with Crippen molar-refractivity contribution < 1.29 is 9.90 Å². The summed E-state index contributed by atoms with van der Waals surface area (Å²) in [5, 5.41) is 18.2. The van der Waals surface area contributed by atoms with E-state index in [0.717, 1.165) is 53.8 Å². The number of rotatable bonds is 8. The molecule has 0 saturated heterocycles. The van der Waals surface area contributed by atoms with E-state index in [4.69, 9.17) is 0 Å². The number of hydrogen-bond donors (Lipinski definition) is 1. The summed E-state index contributed by atoms with van der Waals surface area (Å²) in [4.78, 5) is 14.4. The number of carbonyl (C=O) groups is 1. The Balaban J connectivity index is 1.71. The van der Waals surface area contributed by atoms with Crippen molar-refractivity contribution in [3.63, 3.8) is 0 Å². The quantitative estimate of drug-likeness (QED) is 0.546. The summed E-state index contributed by atoms with van der Waals surface area (Å²) >= 11 is 0. The van der Waals surface area contributed by atoms with Gasteiger partial charge < -0.3 is 5.11 Å². The van der Waals surface area contributed by atoms with Crippen LogP contribution in [0.25, 0.3) is 11.0 Å². The summed E-state index contributed by atoms with van der Waals surface area (Å²) in [5.74, 6) is -0.969. The second kappa shape index (κ2) is 9.18. The zero-order chi connectivity index (χ0) is 22.0. The van der Waals surface area contributed by atoms with Gasteiger partial charge in [-0.05, 0) is 60.2 Å². The largest absolute Gasteiger partial charge is 0.481 e. The average Bonchev–Trinajstić information content (AvgIpc) is 3.14. The number of carboxylic acid groups (broad SMARTS) is 1. The Kier molecular flexibility index (Phi) is 6.37. The lowest BCUT2D eigenvalue weighted by Gasteiger charge is -2.32. The van der Waals surface area contributed by atoms with Crippen LogP contribution in [0.15, 0.2) is 30.3 Å². The Hall–Kier alpha value is -2.73. The van der Waals surface area contributed by atoms with Crippen molar-refractivity contribution in [2.45, 2.75) is 58.4 Å². The van der Waals surface area contributed by atoms with Gasteiger partial charge in [-0.3, -0.25) is 9.69 Å². The summed E-state index contributed by atoms with van der Waals surface area (Å²) in [5.41, 5.74) is 7.70. The average molecular weight is 421 g/mol. The SMILES string of the molecule is CCCCCN1CCc2c(cccc2C(CC(=O)O)c2ccc3c(nnn3C)c2C)C1. The second-order valence-corrected chi connectivity index (χ2v) is 8.73. The first-order chi connectivity index (χ1) is 15.0. The minimum Gasteiger partial charge on any atom is -0.481 e. The Labute approximate surface area is 183 Å². The van der Waals surface area contributed by atoms with Crippen LogP contribution >= 0.6 is 0 Å². The highest BCUT2D eigenvalue weighted by Gasteiger charge is 2.27. The van der Waals surface area contributed by atoms with E-state index in [1.165, 1.54) is 30.4 Å². The van der Waals surface area contributed by atoms with Crippen LogP contribution in [0.1, 0.15) is 66.3 Å². The first-order valence-electron chi connectivity index (χ1n) is 11.3. The van der Waals surface area contributed by atoms with Crippen LogP contribution in [-0.2, 0) is 24.8 Å². The van der Waals surface area contributed by atoms with Crippen LogP contribution < -0.4 is 0 Å². The first-order valence-corrected chi connectivity index (χ1v) is 11.3. The number of hydrogen-bond acceptors (Lipinski definition) is 4. The molecule has 1 N–H and O–H groups in total. The van der Waals surface area contributed by atoms with E-state index in [0.29, 0.717) is 0 Å². The van der Waals surface area contributed by atoms with Gasteiger partial charge in [-0.1, -0.05) is 49.2 Å². The Morgan fingerprint density at radius 3 is 2.81 bits per heavy atom. The van der Waals surface area contributed by atoms with E-state index in [2.05, 4.69) is 46.4 Å². The van der Waals surface area contributed by atoms with E-state index in [1.54, 1.807) is 4.68 Å². The summed E-state index contributed by atoms with van der Waals surface area (Å²) in [6.45, 7) is 7.40. The smallest absolute Gasteiger partial charge is 0.304 e. The van der Waals surface area contributed by atoms with Crippen molar-refractivity contribution in [2.24, 2.45) is 7.05 Å². The maximum absolute atomic E-state index is 11.9. The number of carboxylic acids is 1. The van der Waals surface area contributed by atoms with Gasteiger partial charge >= 0.3 is 5.97 Å². The zero-order valence-corrected chi connectivity index (χ0v) is 18.8. The highest BCUT2D eigenvalue weighted by atomic mass is 16.4. The fourth-order valence-corrected chi connectivity index (χ4v) is 4.99. The molecule has 164 valence electrons. The van der Waals surface area contributed by atoms with E-state index in [9.17, 15) is 9.90 Å². The highest BCUT2D eigenvalue weighted by Crippen LogP contribution is 2.37. The lowest BCUT2D eigenvalue weighted by Crippen LogP contribution is -2.32. The number of aryl methyl sites for hydroxylation is 2. The van der Waals surface area contributed by atoms with Gasteiger partial charge in [0.2, 0.25) is 0 Å². The summed E-state index contributed by atoms with van der Waals surface area (Å²) in [6, 6.07) is 10.5. The van der Waals surface area contributed by atoms with E-state index in [1.807, 2.05) is 20.0 Å². The molecule has 1 aromatic heterocycles. The minimum absolute atomic E-state index is 0.0727. The fraction of sp³-hybridized carbons (Fsp3) is 0.480. The van der Waals surface area contributed by atoms with Gasteiger partial charge in [0.05, 0.1) is 11.9 Å². The van der Waals surface area contributed by atoms with Crippen molar-refractivity contribution in [1.82, 2.24) is 19.9 Å². The van der Waals surface area contributed by atoms with Crippen LogP contribution in [0.2, 0.25) is 0 Å². The molecule has 1 atom stereocenters. The molecule has 0 bridgehead atoms. The molecule has 0 fully saturated rings.